The average molecular weight is 365 g/mol. The molecule has 1 aromatic heterocycles. The molecule has 0 saturated carbocycles. The summed E-state index contributed by atoms with van der Waals surface area (Å²) < 4.78 is 16.6. The van der Waals surface area contributed by atoms with Crippen LogP contribution in [0.3, 0.4) is 0 Å². The van der Waals surface area contributed by atoms with E-state index in [0.717, 1.165) is 28.8 Å². The van der Waals surface area contributed by atoms with Crippen molar-refractivity contribution in [3.05, 3.63) is 64.1 Å². The molecule has 3 aromatic rings. The highest BCUT2D eigenvalue weighted by atomic mass is 19.1. The molecule has 0 aliphatic rings. The summed E-state index contributed by atoms with van der Waals surface area (Å²) in [7, 11) is 2.10. The molecule has 142 valence electrons. The van der Waals surface area contributed by atoms with Crippen LogP contribution in [0.5, 0.6) is 0 Å². The van der Waals surface area contributed by atoms with Crippen LogP contribution < -0.4 is 4.57 Å². The molecule has 3 rings (SSSR count). The van der Waals surface area contributed by atoms with E-state index >= 15 is 0 Å². The summed E-state index contributed by atoms with van der Waals surface area (Å²) in [5.74, 6) is -0.0941. The summed E-state index contributed by atoms with van der Waals surface area (Å²) in [5, 5.41) is 2.47. The first-order chi connectivity index (χ1) is 12.5. The van der Waals surface area contributed by atoms with Gasteiger partial charge in [-0.25, -0.2) is 4.39 Å². The number of hydrogen-bond acceptors (Lipinski definition) is 0. The van der Waals surface area contributed by atoms with Gasteiger partial charge in [0, 0.05) is 13.0 Å². The molecular weight excluding hydrogens is 333 g/mol. The Balaban J connectivity index is 2.32. The molecule has 27 heavy (non-hydrogen) atoms. The first-order valence-electron chi connectivity index (χ1n) is 9.68. The minimum Gasteiger partial charge on any atom is -0.206 e. The molecule has 2 heteroatoms. The predicted molar refractivity (Wildman–Crippen MR) is 113 cm³/mol. The average Bonchev–Trinajstić information content (AvgIpc) is 2.57. The SMILES string of the molecule is Cc1cc(-c2c3ccc(CC(C)(C)C)cc3cc(C)[n+]2C)c(C)c(C)c1F. The number of halogens is 1. The normalized spacial score (nSPS) is 12.0. The van der Waals surface area contributed by atoms with E-state index in [4.69, 9.17) is 0 Å². The maximum absolute atomic E-state index is 14.4. The van der Waals surface area contributed by atoms with Crippen molar-refractivity contribution in [1.82, 2.24) is 0 Å². The van der Waals surface area contributed by atoms with E-state index in [0.29, 0.717) is 5.56 Å². The lowest BCUT2D eigenvalue weighted by Crippen LogP contribution is -2.35. The number of fused-ring (bicyclic) bond motifs is 1. The molecule has 0 spiro atoms. The molecular formula is C25H31FN+. The molecule has 0 aliphatic heterocycles. The van der Waals surface area contributed by atoms with Crippen molar-refractivity contribution in [3.8, 4) is 11.3 Å². The Morgan fingerprint density at radius 1 is 0.926 bits per heavy atom. The number of benzene rings is 2. The summed E-state index contributed by atoms with van der Waals surface area (Å²) in [6.07, 6.45) is 1.05. The molecule has 0 radical (unpaired) electrons. The fraction of sp³-hybridized carbons (Fsp3) is 0.400. The molecule has 0 unspecified atom stereocenters. The standard InChI is InChI=1S/C25H31FN/c1-15-11-22(17(3)18(4)23(15)26)24-21-10-9-19(14-25(5,6)7)13-20(21)12-16(2)27(24)8/h9-13H,14H2,1-8H3/q+1. The van der Waals surface area contributed by atoms with Gasteiger partial charge in [-0.3, -0.25) is 0 Å². The van der Waals surface area contributed by atoms with Crippen LogP contribution in [0.1, 0.15) is 48.7 Å². The quantitative estimate of drug-likeness (QED) is 0.470. The second-order valence-corrected chi connectivity index (χ2v) is 9.16. The Bertz CT molecular complexity index is 1040. The molecule has 2 aromatic carbocycles. The van der Waals surface area contributed by atoms with Gasteiger partial charge in [-0.05, 0) is 72.4 Å². The van der Waals surface area contributed by atoms with E-state index in [2.05, 4.69) is 63.6 Å². The fourth-order valence-corrected chi connectivity index (χ4v) is 3.97. The Morgan fingerprint density at radius 3 is 2.22 bits per heavy atom. The van der Waals surface area contributed by atoms with E-state index in [9.17, 15) is 4.39 Å². The lowest BCUT2D eigenvalue weighted by molar-refractivity contribution is -0.665. The molecule has 0 saturated heterocycles. The van der Waals surface area contributed by atoms with E-state index in [-0.39, 0.29) is 11.2 Å². The third-order valence-electron chi connectivity index (χ3n) is 5.59. The largest absolute Gasteiger partial charge is 0.220 e. The van der Waals surface area contributed by atoms with Gasteiger partial charge >= 0.3 is 0 Å². The molecule has 1 nitrogen and oxygen atoms in total. The monoisotopic (exact) mass is 364 g/mol. The van der Waals surface area contributed by atoms with E-state index < -0.39 is 0 Å². The highest BCUT2D eigenvalue weighted by Crippen LogP contribution is 2.33. The number of hydrogen-bond donors (Lipinski definition) is 0. The molecule has 1 heterocycles. The summed E-state index contributed by atoms with van der Waals surface area (Å²) in [5.41, 5.74) is 7.55. The van der Waals surface area contributed by atoms with E-state index in [1.54, 1.807) is 0 Å². The molecule has 0 aliphatic carbocycles. The second kappa shape index (κ2) is 6.74. The topological polar surface area (TPSA) is 3.88 Å². The van der Waals surface area contributed by atoms with Gasteiger partial charge in [-0.1, -0.05) is 32.9 Å². The van der Waals surface area contributed by atoms with Crippen LogP contribution in [0.15, 0.2) is 30.3 Å². The summed E-state index contributed by atoms with van der Waals surface area (Å²) in [6.45, 7) is 14.7. The van der Waals surface area contributed by atoms with Crippen molar-refractivity contribution >= 4 is 10.8 Å². The molecule has 0 fully saturated rings. The van der Waals surface area contributed by atoms with Crippen LogP contribution in [0.25, 0.3) is 22.0 Å². The predicted octanol–water partition coefficient (Wildman–Crippen LogP) is 6.29. The Morgan fingerprint density at radius 2 is 1.59 bits per heavy atom. The van der Waals surface area contributed by atoms with Gasteiger partial charge in [0.2, 0.25) is 5.69 Å². The minimum atomic E-state index is -0.0941. The van der Waals surface area contributed by atoms with Crippen LogP contribution in [0.4, 0.5) is 4.39 Å². The number of pyridine rings is 1. The van der Waals surface area contributed by atoms with Crippen molar-refractivity contribution in [2.75, 3.05) is 0 Å². The van der Waals surface area contributed by atoms with Crippen molar-refractivity contribution in [2.45, 2.75) is 54.9 Å². The number of rotatable bonds is 2. The first kappa shape index (κ1) is 19.5. The maximum Gasteiger partial charge on any atom is 0.220 e. The van der Waals surface area contributed by atoms with Gasteiger partial charge in [-0.15, -0.1) is 0 Å². The van der Waals surface area contributed by atoms with Crippen molar-refractivity contribution in [3.63, 3.8) is 0 Å². The van der Waals surface area contributed by atoms with Crippen molar-refractivity contribution in [1.29, 1.82) is 0 Å². The molecule has 0 bridgehead atoms. The maximum atomic E-state index is 14.4. The summed E-state index contributed by atoms with van der Waals surface area (Å²) in [4.78, 5) is 0. The smallest absolute Gasteiger partial charge is 0.206 e. The van der Waals surface area contributed by atoms with Crippen molar-refractivity contribution < 1.29 is 8.96 Å². The zero-order valence-corrected chi connectivity index (χ0v) is 17.9. The Hall–Kier alpha value is -2.22. The summed E-state index contributed by atoms with van der Waals surface area (Å²) in [6, 6.07) is 11.0. The second-order valence-electron chi connectivity index (χ2n) is 9.16. The highest BCUT2D eigenvalue weighted by molar-refractivity contribution is 5.94. The lowest BCUT2D eigenvalue weighted by Gasteiger charge is -2.19. The van der Waals surface area contributed by atoms with Gasteiger partial charge in [0.25, 0.3) is 0 Å². The van der Waals surface area contributed by atoms with Gasteiger partial charge < -0.3 is 0 Å². The van der Waals surface area contributed by atoms with Crippen LogP contribution in [-0.4, -0.2) is 0 Å². The number of aromatic nitrogens is 1. The lowest BCUT2D eigenvalue weighted by atomic mass is 9.87. The van der Waals surface area contributed by atoms with E-state index in [1.165, 1.54) is 22.0 Å². The summed E-state index contributed by atoms with van der Waals surface area (Å²) >= 11 is 0. The van der Waals surface area contributed by atoms with Gasteiger partial charge in [0.15, 0.2) is 5.69 Å². The van der Waals surface area contributed by atoms with E-state index in [1.807, 2.05) is 26.8 Å². The minimum absolute atomic E-state index is 0.0941. The van der Waals surface area contributed by atoms with Gasteiger partial charge in [0.1, 0.15) is 12.9 Å². The van der Waals surface area contributed by atoms with Crippen molar-refractivity contribution in [2.24, 2.45) is 12.5 Å². The number of aryl methyl sites for hydroxylation is 2. The third-order valence-corrected chi connectivity index (χ3v) is 5.59. The third kappa shape index (κ3) is 3.63. The molecule has 0 amide bonds. The highest BCUT2D eigenvalue weighted by Gasteiger charge is 2.23. The van der Waals surface area contributed by atoms with Gasteiger partial charge in [0.05, 0.1) is 10.9 Å². The van der Waals surface area contributed by atoms with Crippen LogP contribution in [-0.2, 0) is 13.5 Å². The first-order valence-corrected chi connectivity index (χ1v) is 9.68. The Kier molecular flexibility index (Phi) is 4.88. The number of nitrogens with zero attached hydrogens (tertiary/aromatic N) is 1. The Labute approximate surface area is 162 Å². The zero-order valence-electron chi connectivity index (χ0n) is 17.9. The zero-order chi connectivity index (χ0) is 20.1. The molecule has 0 atom stereocenters. The van der Waals surface area contributed by atoms with Crippen LogP contribution >= 0.6 is 0 Å². The van der Waals surface area contributed by atoms with Crippen LogP contribution in [0.2, 0.25) is 0 Å². The van der Waals surface area contributed by atoms with Gasteiger partial charge in [-0.2, -0.15) is 4.57 Å². The van der Waals surface area contributed by atoms with Crippen LogP contribution in [0, 0.1) is 38.9 Å². The molecule has 0 N–H and O–H groups in total. The fourth-order valence-electron chi connectivity index (χ4n) is 3.97.